The average Bonchev–Trinajstić information content (AvgIpc) is 3.27. The fourth-order valence-electron chi connectivity index (χ4n) is 3.80. The number of halogens is 1. The van der Waals surface area contributed by atoms with Crippen LogP contribution in [-0.4, -0.2) is 18.5 Å². The van der Waals surface area contributed by atoms with Gasteiger partial charge >= 0.3 is 0 Å². The summed E-state index contributed by atoms with van der Waals surface area (Å²) in [5, 5.41) is 2.91. The Bertz CT molecular complexity index is 982. The van der Waals surface area contributed by atoms with Crippen LogP contribution in [-0.2, 0) is 19.4 Å². The summed E-state index contributed by atoms with van der Waals surface area (Å²) in [6.45, 7) is 3.18. The number of nitrogens with zero attached hydrogens (tertiary/aromatic N) is 1. The second-order valence-electron chi connectivity index (χ2n) is 7.20. The van der Waals surface area contributed by atoms with Crippen LogP contribution in [0.4, 0.5) is 10.1 Å². The first-order chi connectivity index (χ1) is 13.6. The van der Waals surface area contributed by atoms with Crippen LogP contribution in [0.3, 0.4) is 0 Å². The van der Waals surface area contributed by atoms with Crippen molar-refractivity contribution in [2.24, 2.45) is 0 Å². The third-order valence-electron chi connectivity index (χ3n) is 5.24. The molecule has 0 bridgehead atoms. The lowest BCUT2D eigenvalue weighted by atomic mass is 10.1. The number of amides is 1. The Morgan fingerprint density at radius 3 is 2.93 bits per heavy atom. The fourth-order valence-corrected chi connectivity index (χ4v) is 3.80. The number of carbonyl (C=O) groups excluding carboxylic acids is 1. The van der Waals surface area contributed by atoms with E-state index in [0.29, 0.717) is 36.9 Å². The fraction of sp³-hybridized carbons (Fsp3) is 0.261. The molecule has 4 nitrogen and oxygen atoms in total. The molecule has 0 saturated carbocycles. The molecule has 0 aliphatic carbocycles. The number of carbonyl (C=O) groups is 1. The van der Waals surface area contributed by atoms with Gasteiger partial charge in [0.2, 0.25) is 0 Å². The average molecular weight is 378 g/mol. The molecule has 1 aliphatic heterocycles. The largest absolute Gasteiger partial charge is 0.467 e. The molecule has 1 aromatic heterocycles. The molecular formula is C23H23FN2O2. The topological polar surface area (TPSA) is 45.5 Å². The first-order valence-corrected chi connectivity index (χ1v) is 9.55. The van der Waals surface area contributed by atoms with Crippen LogP contribution in [0.5, 0.6) is 0 Å². The van der Waals surface area contributed by atoms with Gasteiger partial charge in [-0.15, -0.1) is 0 Å². The van der Waals surface area contributed by atoms with Crippen LogP contribution in [0.2, 0.25) is 0 Å². The van der Waals surface area contributed by atoms with E-state index in [9.17, 15) is 9.18 Å². The maximum absolute atomic E-state index is 13.3. The zero-order valence-electron chi connectivity index (χ0n) is 15.8. The van der Waals surface area contributed by atoms with E-state index in [-0.39, 0.29) is 11.7 Å². The van der Waals surface area contributed by atoms with Crippen molar-refractivity contribution in [3.8, 4) is 0 Å². The highest BCUT2D eigenvalue weighted by Gasteiger charge is 2.27. The van der Waals surface area contributed by atoms with Gasteiger partial charge in [0.05, 0.1) is 18.4 Å². The first-order valence-electron chi connectivity index (χ1n) is 9.55. The summed E-state index contributed by atoms with van der Waals surface area (Å²) in [7, 11) is 0. The lowest BCUT2D eigenvalue weighted by Gasteiger charge is -2.24. The molecule has 2 aromatic carbocycles. The van der Waals surface area contributed by atoms with E-state index in [4.69, 9.17) is 4.42 Å². The zero-order chi connectivity index (χ0) is 19.5. The van der Waals surface area contributed by atoms with E-state index in [1.807, 2.05) is 12.1 Å². The summed E-state index contributed by atoms with van der Waals surface area (Å²) in [6.07, 6.45) is 3.13. The summed E-state index contributed by atoms with van der Waals surface area (Å²) in [4.78, 5) is 14.9. The summed E-state index contributed by atoms with van der Waals surface area (Å²) < 4.78 is 18.9. The molecule has 5 heteroatoms. The minimum absolute atomic E-state index is 0.166. The van der Waals surface area contributed by atoms with Crippen molar-refractivity contribution in [3.63, 3.8) is 0 Å². The molecule has 3 aromatic rings. The summed E-state index contributed by atoms with van der Waals surface area (Å²) in [6, 6.07) is 16.8. The third kappa shape index (κ3) is 3.79. The smallest absolute Gasteiger partial charge is 0.254 e. The van der Waals surface area contributed by atoms with Gasteiger partial charge < -0.3 is 14.6 Å². The van der Waals surface area contributed by atoms with E-state index in [0.717, 1.165) is 12.0 Å². The number of furan rings is 1. The minimum Gasteiger partial charge on any atom is -0.467 e. The number of rotatable bonds is 6. The van der Waals surface area contributed by atoms with Crippen LogP contribution in [0, 0.1) is 5.82 Å². The SMILES string of the molecule is CC1Cc2ccccc2N1Cc1occc1C(=O)NCCc1cccc(F)c1. The van der Waals surface area contributed by atoms with Crippen molar-refractivity contribution in [1.29, 1.82) is 0 Å². The molecular weight excluding hydrogens is 355 g/mol. The van der Waals surface area contributed by atoms with Crippen molar-refractivity contribution in [2.45, 2.75) is 32.4 Å². The molecule has 1 amide bonds. The molecule has 0 spiro atoms. The van der Waals surface area contributed by atoms with E-state index in [1.165, 1.54) is 23.4 Å². The number of anilines is 1. The maximum atomic E-state index is 13.3. The zero-order valence-corrected chi connectivity index (χ0v) is 15.8. The van der Waals surface area contributed by atoms with Gasteiger partial charge in [-0.2, -0.15) is 0 Å². The number of para-hydroxylation sites is 1. The van der Waals surface area contributed by atoms with Crippen molar-refractivity contribution in [2.75, 3.05) is 11.4 Å². The predicted octanol–water partition coefficient (Wildman–Crippen LogP) is 4.34. The van der Waals surface area contributed by atoms with Gasteiger partial charge in [0.1, 0.15) is 11.6 Å². The molecule has 2 heterocycles. The molecule has 4 rings (SSSR count). The lowest BCUT2D eigenvalue weighted by molar-refractivity contribution is 0.0952. The van der Waals surface area contributed by atoms with Crippen molar-refractivity contribution < 1.29 is 13.6 Å². The normalized spacial score (nSPS) is 15.5. The highest BCUT2D eigenvalue weighted by Crippen LogP contribution is 2.33. The number of fused-ring (bicyclic) bond motifs is 1. The van der Waals surface area contributed by atoms with Crippen LogP contribution in [0.1, 0.15) is 34.2 Å². The van der Waals surface area contributed by atoms with E-state index >= 15 is 0 Å². The Kier molecular flexibility index (Phi) is 5.15. The highest BCUT2D eigenvalue weighted by atomic mass is 19.1. The van der Waals surface area contributed by atoms with Gasteiger partial charge in [-0.3, -0.25) is 4.79 Å². The summed E-state index contributed by atoms with van der Waals surface area (Å²) >= 11 is 0. The van der Waals surface area contributed by atoms with Gasteiger partial charge in [0, 0.05) is 18.3 Å². The predicted molar refractivity (Wildman–Crippen MR) is 107 cm³/mol. The second-order valence-corrected chi connectivity index (χ2v) is 7.20. The summed E-state index contributed by atoms with van der Waals surface area (Å²) in [5.41, 5.74) is 3.93. The van der Waals surface area contributed by atoms with E-state index in [2.05, 4.69) is 35.3 Å². The second kappa shape index (κ2) is 7.89. The Balaban J connectivity index is 1.40. The summed E-state index contributed by atoms with van der Waals surface area (Å²) in [5.74, 6) is 0.230. The molecule has 1 aliphatic rings. The standard InChI is InChI=1S/C23H23FN2O2/c1-16-13-18-6-2-3-8-21(18)26(16)15-22-20(10-12-28-22)23(27)25-11-9-17-5-4-7-19(24)14-17/h2-8,10,12,14,16H,9,11,13,15H2,1H3,(H,25,27). The van der Waals surface area contributed by atoms with Crippen LogP contribution < -0.4 is 10.2 Å². The third-order valence-corrected chi connectivity index (χ3v) is 5.24. The van der Waals surface area contributed by atoms with Crippen molar-refractivity contribution >= 4 is 11.6 Å². The Morgan fingerprint density at radius 1 is 1.21 bits per heavy atom. The van der Waals surface area contributed by atoms with Crippen LogP contribution in [0.15, 0.2) is 65.3 Å². The first kappa shape index (κ1) is 18.3. The molecule has 1 N–H and O–H groups in total. The van der Waals surface area contributed by atoms with Crippen molar-refractivity contribution in [1.82, 2.24) is 5.32 Å². The molecule has 1 unspecified atom stereocenters. The number of hydrogen-bond acceptors (Lipinski definition) is 3. The monoisotopic (exact) mass is 378 g/mol. The van der Waals surface area contributed by atoms with Crippen LogP contribution >= 0.6 is 0 Å². The molecule has 144 valence electrons. The van der Waals surface area contributed by atoms with E-state index < -0.39 is 0 Å². The van der Waals surface area contributed by atoms with Crippen LogP contribution in [0.25, 0.3) is 0 Å². The highest BCUT2D eigenvalue weighted by molar-refractivity contribution is 5.95. The van der Waals surface area contributed by atoms with Gasteiger partial charge in [0.15, 0.2) is 0 Å². The number of hydrogen-bond donors (Lipinski definition) is 1. The van der Waals surface area contributed by atoms with Crippen molar-refractivity contribution in [3.05, 3.63) is 89.1 Å². The quantitative estimate of drug-likeness (QED) is 0.694. The Morgan fingerprint density at radius 2 is 2.07 bits per heavy atom. The molecule has 0 saturated heterocycles. The Labute approximate surface area is 164 Å². The molecule has 0 fully saturated rings. The lowest BCUT2D eigenvalue weighted by Crippen LogP contribution is -2.31. The van der Waals surface area contributed by atoms with E-state index in [1.54, 1.807) is 18.4 Å². The van der Waals surface area contributed by atoms with Gasteiger partial charge in [-0.25, -0.2) is 4.39 Å². The maximum Gasteiger partial charge on any atom is 0.254 e. The van der Waals surface area contributed by atoms with Gasteiger partial charge in [-0.05, 0) is 55.2 Å². The number of nitrogens with one attached hydrogen (secondary N) is 1. The molecule has 28 heavy (non-hydrogen) atoms. The van der Waals surface area contributed by atoms with Gasteiger partial charge in [-0.1, -0.05) is 30.3 Å². The Hall–Kier alpha value is -3.08. The molecule has 1 atom stereocenters. The molecule has 0 radical (unpaired) electrons. The van der Waals surface area contributed by atoms with Gasteiger partial charge in [0.25, 0.3) is 5.91 Å². The minimum atomic E-state index is -0.263. The number of benzene rings is 2.